The van der Waals surface area contributed by atoms with E-state index < -0.39 is 0 Å². The van der Waals surface area contributed by atoms with Gasteiger partial charge in [-0.15, -0.1) is 0 Å². The molecule has 0 aliphatic heterocycles. The van der Waals surface area contributed by atoms with E-state index >= 15 is 0 Å². The second-order valence-electron chi connectivity index (χ2n) is 3.57. The summed E-state index contributed by atoms with van der Waals surface area (Å²) < 4.78 is 5.60. The van der Waals surface area contributed by atoms with Gasteiger partial charge in [-0.2, -0.15) is 4.98 Å². The number of rotatable bonds is 4. The highest BCUT2D eigenvalue weighted by molar-refractivity contribution is 6.32. The summed E-state index contributed by atoms with van der Waals surface area (Å²) >= 11 is 5.78. The number of nitrogens with zero attached hydrogens (tertiary/aromatic N) is 2. The van der Waals surface area contributed by atoms with Crippen molar-refractivity contribution in [3.8, 4) is 11.6 Å². The molecule has 2 rings (SSSR count). The third-order valence-electron chi connectivity index (χ3n) is 2.36. The molecule has 0 amide bonds. The first kappa shape index (κ1) is 12.6. The van der Waals surface area contributed by atoms with Crippen molar-refractivity contribution in [1.29, 1.82) is 0 Å². The van der Waals surface area contributed by atoms with E-state index in [1.54, 1.807) is 6.07 Å². The Balaban J connectivity index is 2.31. The number of aliphatic hydroxyl groups excluding tert-OH is 1. The van der Waals surface area contributed by atoms with Crippen LogP contribution in [0.15, 0.2) is 30.6 Å². The van der Waals surface area contributed by atoms with E-state index in [9.17, 15) is 0 Å². The fourth-order valence-electron chi connectivity index (χ4n) is 1.48. The lowest BCUT2D eigenvalue weighted by atomic mass is 10.1. The van der Waals surface area contributed by atoms with Crippen LogP contribution in [-0.2, 0) is 6.42 Å². The molecule has 0 saturated heterocycles. The fourth-order valence-corrected chi connectivity index (χ4v) is 1.60. The van der Waals surface area contributed by atoms with Crippen LogP contribution in [0.3, 0.4) is 0 Å². The molecule has 0 unspecified atom stereocenters. The van der Waals surface area contributed by atoms with Crippen LogP contribution in [-0.4, -0.2) is 21.7 Å². The maximum absolute atomic E-state index is 8.98. The molecule has 1 heterocycles. The van der Waals surface area contributed by atoms with Crippen LogP contribution in [0.5, 0.6) is 11.6 Å². The summed E-state index contributed by atoms with van der Waals surface area (Å²) in [5, 5.41) is 9.13. The van der Waals surface area contributed by atoms with Gasteiger partial charge in [-0.1, -0.05) is 29.8 Å². The molecule has 1 aromatic heterocycles. The minimum absolute atomic E-state index is 0.0420. The van der Waals surface area contributed by atoms with E-state index in [2.05, 4.69) is 9.97 Å². The fraction of sp³-hybridized carbons (Fsp3) is 0.167. The van der Waals surface area contributed by atoms with Crippen molar-refractivity contribution in [3.05, 3.63) is 41.3 Å². The van der Waals surface area contributed by atoms with Crippen molar-refractivity contribution in [1.82, 2.24) is 9.97 Å². The lowest BCUT2D eigenvalue weighted by molar-refractivity contribution is 0.297. The van der Waals surface area contributed by atoms with Gasteiger partial charge in [-0.05, 0) is 18.1 Å². The quantitative estimate of drug-likeness (QED) is 0.827. The Bertz CT molecular complexity index is 549. The SMILES string of the molecule is Nc1c(Cl)ncnc1Oc1ccccc1CCO. The largest absolute Gasteiger partial charge is 0.437 e. The van der Waals surface area contributed by atoms with Gasteiger partial charge in [0, 0.05) is 6.61 Å². The number of nitrogen functional groups attached to an aromatic ring is 1. The number of aromatic nitrogens is 2. The van der Waals surface area contributed by atoms with Crippen LogP contribution in [0.1, 0.15) is 5.56 Å². The number of hydrogen-bond donors (Lipinski definition) is 2. The van der Waals surface area contributed by atoms with Crippen molar-refractivity contribution in [2.45, 2.75) is 6.42 Å². The summed E-state index contributed by atoms with van der Waals surface area (Å²) in [6.45, 7) is 0.0420. The van der Waals surface area contributed by atoms with E-state index in [1.807, 2.05) is 18.2 Å². The van der Waals surface area contributed by atoms with Gasteiger partial charge in [0.25, 0.3) is 0 Å². The van der Waals surface area contributed by atoms with Crippen molar-refractivity contribution in [2.75, 3.05) is 12.3 Å². The number of halogens is 1. The molecule has 5 nitrogen and oxygen atoms in total. The maximum Gasteiger partial charge on any atom is 0.247 e. The monoisotopic (exact) mass is 265 g/mol. The van der Waals surface area contributed by atoms with Crippen LogP contribution in [0.2, 0.25) is 5.15 Å². The van der Waals surface area contributed by atoms with Gasteiger partial charge in [-0.25, -0.2) is 4.98 Å². The molecular weight excluding hydrogens is 254 g/mol. The Kier molecular flexibility index (Phi) is 3.96. The third-order valence-corrected chi connectivity index (χ3v) is 2.66. The van der Waals surface area contributed by atoms with Gasteiger partial charge in [0.2, 0.25) is 5.88 Å². The van der Waals surface area contributed by atoms with Crippen LogP contribution < -0.4 is 10.5 Å². The second-order valence-corrected chi connectivity index (χ2v) is 3.92. The van der Waals surface area contributed by atoms with Gasteiger partial charge in [0.15, 0.2) is 5.15 Å². The lowest BCUT2D eigenvalue weighted by Crippen LogP contribution is -2.00. The number of benzene rings is 1. The third kappa shape index (κ3) is 2.69. The molecule has 1 aromatic carbocycles. The molecule has 0 spiro atoms. The molecule has 6 heteroatoms. The molecule has 0 bridgehead atoms. The van der Waals surface area contributed by atoms with Crippen molar-refractivity contribution < 1.29 is 9.84 Å². The van der Waals surface area contributed by atoms with Crippen LogP contribution in [0, 0.1) is 0 Å². The summed E-state index contributed by atoms with van der Waals surface area (Å²) in [7, 11) is 0. The Hall–Kier alpha value is -1.85. The Morgan fingerprint density at radius 3 is 2.83 bits per heavy atom. The molecule has 0 radical (unpaired) electrons. The summed E-state index contributed by atoms with van der Waals surface area (Å²) in [6, 6.07) is 7.34. The number of nitrogens with two attached hydrogens (primary N) is 1. The molecule has 0 aliphatic rings. The minimum atomic E-state index is 0.0420. The first-order valence-electron chi connectivity index (χ1n) is 5.35. The Labute approximate surface area is 109 Å². The number of aliphatic hydroxyl groups is 1. The smallest absolute Gasteiger partial charge is 0.247 e. The topological polar surface area (TPSA) is 81.3 Å². The average Bonchev–Trinajstić information content (AvgIpc) is 2.37. The molecule has 0 saturated carbocycles. The summed E-state index contributed by atoms with van der Waals surface area (Å²) in [5.41, 5.74) is 6.79. The van der Waals surface area contributed by atoms with E-state index in [4.69, 9.17) is 27.2 Å². The first-order chi connectivity index (χ1) is 8.72. The van der Waals surface area contributed by atoms with E-state index in [1.165, 1.54) is 6.33 Å². The maximum atomic E-state index is 8.98. The van der Waals surface area contributed by atoms with Crippen LogP contribution >= 0.6 is 11.6 Å². The van der Waals surface area contributed by atoms with Crippen molar-refractivity contribution in [3.63, 3.8) is 0 Å². The summed E-state index contributed by atoms with van der Waals surface area (Å²) in [4.78, 5) is 7.68. The van der Waals surface area contributed by atoms with Crippen LogP contribution in [0.4, 0.5) is 5.69 Å². The molecule has 18 heavy (non-hydrogen) atoms. The molecule has 94 valence electrons. The summed E-state index contributed by atoms with van der Waals surface area (Å²) in [6.07, 6.45) is 1.78. The van der Waals surface area contributed by atoms with E-state index in [-0.39, 0.29) is 23.3 Å². The molecule has 0 fully saturated rings. The van der Waals surface area contributed by atoms with Gasteiger partial charge in [0.1, 0.15) is 17.8 Å². The van der Waals surface area contributed by atoms with Crippen molar-refractivity contribution in [2.24, 2.45) is 0 Å². The van der Waals surface area contributed by atoms with E-state index in [0.717, 1.165) is 5.56 Å². The molecular formula is C12H12ClN3O2. The zero-order chi connectivity index (χ0) is 13.0. The van der Waals surface area contributed by atoms with Gasteiger partial charge < -0.3 is 15.6 Å². The minimum Gasteiger partial charge on any atom is -0.437 e. The zero-order valence-electron chi connectivity index (χ0n) is 9.51. The number of hydrogen-bond acceptors (Lipinski definition) is 5. The predicted molar refractivity (Wildman–Crippen MR) is 68.8 cm³/mol. The van der Waals surface area contributed by atoms with Gasteiger partial charge in [-0.3, -0.25) is 0 Å². The zero-order valence-corrected chi connectivity index (χ0v) is 10.3. The number of para-hydroxylation sites is 1. The van der Waals surface area contributed by atoms with Crippen molar-refractivity contribution >= 4 is 17.3 Å². The predicted octanol–water partition coefficient (Wildman–Crippen LogP) is 2.04. The molecule has 2 aromatic rings. The highest BCUT2D eigenvalue weighted by atomic mass is 35.5. The van der Waals surface area contributed by atoms with Crippen LogP contribution in [0.25, 0.3) is 0 Å². The average molecular weight is 266 g/mol. The highest BCUT2D eigenvalue weighted by Gasteiger charge is 2.10. The summed E-state index contributed by atoms with van der Waals surface area (Å²) in [5.74, 6) is 0.799. The lowest BCUT2D eigenvalue weighted by Gasteiger charge is -2.11. The molecule has 0 atom stereocenters. The molecule has 3 N–H and O–H groups in total. The van der Waals surface area contributed by atoms with E-state index in [0.29, 0.717) is 12.2 Å². The standard InChI is InChI=1S/C12H12ClN3O2/c13-11-10(14)12(16-7-15-11)18-9-4-2-1-3-8(9)5-6-17/h1-4,7,17H,5-6,14H2. The second kappa shape index (κ2) is 5.66. The highest BCUT2D eigenvalue weighted by Crippen LogP contribution is 2.30. The Morgan fingerprint density at radius 2 is 2.06 bits per heavy atom. The number of ether oxygens (including phenoxy) is 1. The van der Waals surface area contributed by atoms with Gasteiger partial charge in [0.05, 0.1) is 0 Å². The normalized spacial score (nSPS) is 10.3. The molecule has 0 aliphatic carbocycles. The number of anilines is 1. The van der Waals surface area contributed by atoms with Gasteiger partial charge >= 0.3 is 0 Å². The first-order valence-corrected chi connectivity index (χ1v) is 5.72. The Morgan fingerprint density at radius 1 is 1.28 bits per heavy atom.